The molecule has 166 valence electrons. The lowest BCUT2D eigenvalue weighted by Crippen LogP contribution is -2.60. The van der Waals surface area contributed by atoms with E-state index >= 15 is 0 Å². The number of nitrogens with zero attached hydrogens (tertiary/aromatic N) is 1. The zero-order valence-electron chi connectivity index (χ0n) is 18.0. The van der Waals surface area contributed by atoms with Gasteiger partial charge in [-0.15, -0.1) is 0 Å². The van der Waals surface area contributed by atoms with Crippen molar-refractivity contribution in [3.8, 4) is 11.5 Å². The number of hydrogen-bond donors (Lipinski definition) is 1. The molecule has 1 amide bonds. The topological polar surface area (TPSA) is 68.2 Å². The Bertz CT molecular complexity index is 857. The number of carbonyl (C=O) groups excluding carboxylic acids is 1. The fraction of sp³-hybridized carbons (Fsp3) is 0.480. The summed E-state index contributed by atoms with van der Waals surface area (Å²) >= 11 is 0. The monoisotopic (exact) mass is 425 g/mol. The maximum absolute atomic E-state index is 12.8. The van der Waals surface area contributed by atoms with Gasteiger partial charge in [-0.3, -0.25) is 0 Å². The fourth-order valence-corrected chi connectivity index (χ4v) is 4.91. The second-order valence-electron chi connectivity index (χ2n) is 8.57. The molecule has 0 aromatic heterocycles. The smallest absolute Gasteiger partial charge is 0.410 e. The van der Waals surface area contributed by atoms with Crippen LogP contribution in [0, 0.1) is 0 Å². The van der Waals surface area contributed by atoms with Gasteiger partial charge in [-0.05, 0) is 49.8 Å². The molecule has 2 fully saturated rings. The van der Waals surface area contributed by atoms with E-state index in [-0.39, 0.29) is 24.8 Å². The minimum Gasteiger partial charge on any atom is -0.493 e. The van der Waals surface area contributed by atoms with Gasteiger partial charge in [0.15, 0.2) is 11.5 Å². The number of carbonyl (C=O) groups is 1. The van der Waals surface area contributed by atoms with E-state index in [1.54, 1.807) is 7.11 Å². The molecule has 0 saturated carbocycles. The van der Waals surface area contributed by atoms with Crippen LogP contribution in [0.3, 0.4) is 0 Å². The van der Waals surface area contributed by atoms with Crippen molar-refractivity contribution in [1.29, 1.82) is 0 Å². The Balaban J connectivity index is 1.34. The van der Waals surface area contributed by atoms with Crippen molar-refractivity contribution < 1.29 is 24.1 Å². The standard InChI is InChI=1S/C25H31NO5/c1-29-22-12-5-6-13-23(22)30-15-14-25(28)16-20-10-7-11-21(17-25)26(20)24(27)31-18-19-8-3-2-4-9-19/h2-6,8-9,12-13,20-21,28H,7,10-11,14-18H2,1H3. The molecule has 6 nitrogen and oxygen atoms in total. The number of amides is 1. The van der Waals surface area contributed by atoms with Crippen molar-refractivity contribution in [3.05, 3.63) is 60.2 Å². The molecule has 6 heteroatoms. The first-order valence-corrected chi connectivity index (χ1v) is 11.1. The first-order chi connectivity index (χ1) is 15.1. The van der Waals surface area contributed by atoms with Crippen LogP contribution in [0.5, 0.6) is 11.5 Å². The van der Waals surface area contributed by atoms with E-state index in [0.29, 0.717) is 37.4 Å². The first-order valence-electron chi connectivity index (χ1n) is 11.1. The second-order valence-corrected chi connectivity index (χ2v) is 8.57. The van der Waals surface area contributed by atoms with Crippen LogP contribution in [0.2, 0.25) is 0 Å². The van der Waals surface area contributed by atoms with Crippen LogP contribution in [0.15, 0.2) is 54.6 Å². The predicted octanol–water partition coefficient (Wildman–Crippen LogP) is 4.55. The van der Waals surface area contributed by atoms with Gasteiger partial charge in [-0.25, -0.2) is 4.79 Å². The Morgan fingerprint density at radius 1 is 1.03 bits per heavy atom. The van der Waals surface area contributed by atoms with Crippen LogP contribution >= 0.6 is 0 Å². The molecule has 4 rings (SSSR count). The molecule has 2 aromatic carbocycles. The average Bonchev–Trinajstić information content (AvgIpc) is 2.78. The van der Waals surface area contributed by atoms with Crippen molar-refractivity contribution in [1.82, 2.24) is 4.90 Å². The van der Waals surface area contributed by atoms with E-state index in [1.165, 1.54) is 0 Å². The van der Waals surface area contributed by atoms with E-state index in [1.807, 2.05) is 59.5 Å². The van der Waals surface area contributed by atoms with Crippen LogP contribution in [0.25, 0.3) is 0 Å². The number of aliphatic hydroxyl groups is 1. The fourth-order valence-electron chi connectivity index (χ4n) is 4.91. The number of benzene rings is 2. The highest BCUT2D eigenvalue weighted by Gasteiger charge is 2.47. The molecule has 0 aliphatic carbocycles. The van der Waals surface area contributed by atoms with Crippen molar-refractivity contribution in [2.75, 3.05) is 13.7 Å². The third-order valence-electron chi connectivity index (χ3n) is 6.40. The van der Waals surface area contributed by atoms with Crippen molar-refractivity contribution in [2.45, 2.75) is 62.8 Å². The molecule has 2 heterocycles. The highest BCUT2D eigenvalue weighted by Crippen LogP contribution is 2.41. The number of ether oxygens (including phenoxy) is 3. The number of rotatable bonds is 7. The Labute approximate surface area is 183 Å². The van der Waals surface area contributed by atoms with Crippen LogP contribution in [-0.4, -0.2) is 47.5 Å². The molecule has 2 aromatic rings. The molecule has 2 bridgehead atoms. The van der Waals surface area contributed by atoms with Crippen molar-refractivity contribution in [3.63, 3.8) is 0 Å². The van der Waals surface area contributed by atoms with Gasteiger partial charge in [0, 0.05) is 18.5 Å². The van der Waals surface area contributed by atoms with E-state index in [9.17, 15) is 9.90 Å². The molecular weight excluding hydrogens is 394 g/mol. The summed E-state index contributed by atoms with van der Waals surface area (Å²) in [5.74, 6) is 1.36. The van der Waals surface area contributed by atoms with Crippen LogP contribution in [0.4, 0.5) is 4.79 Å². The van der Waals surface area contributed by atoms with E-state index < -0.39 is 5.60 Å². The van der Waals surface area contributed by atoms with Gasteiger partial charge < -0.3 is 24.2 Å². The Kier molecular flexibility index (Phi) is 6.66. The normalized spacial score (nSPS) is 25.0. The molecule has 2 atom stereocenters. The molecule has 2 aliphatic rings. The summed E-state index contributed by atoms with van der Waals surface area (Å²) in [5, 5.41) is 11.3. The van der Waals surface area contributed by atoms with Crippen LogP contribution in [-0.2, 0) is 11.3 Å². The zero-order chi connectivity index (χ0) is 21.7. The summed E-state index contributed by atoms with van der Waals surface area (Å²) in [5.41, 5.74) is 0.136. The third-order valence-corrected chi connectivity index (χ3v) is 6.40. The van der Waals surface area contributed by atoms with Gasteiger partial charge in [-0.1, -0.05) is 42.5 Å². The summed E-state index contributed by atoms with van der Waals surface area (Å²) in [6.45, 7) is 0.668. The SMILES string of the molecule is COc1ccccc1OCCC1(O)CC2CCCC(C1)N2C(=O)OCc1ccccc1. The van der Waals surface area contributed by atoms with Gasteiger partial charge in [0.2, 0.25) is 0 Å². The molecule has 2 unspecified atom stereocenters. The number of piperidine rings is 2. The summed E-state index contributed by atoms with van der Waals surface area (Å²) in [4.78, 5) is 14.7. The van der Waals surface area contributed by atoms with Gasteiger partial charge in [0.1, 0.15) is 6.61 Å². The van der Waals surface area contributed by atoms with Gasteiger partial charge in [0.25, 0.3) is 0 Å². The number of fused-ring (bicyclic) bond motifs is 2. The summed E-state index contributed by atoms with van der Waals surface area (Å²) < 4.78 is 16.8. The van der Waals surface area contributed by atoms with E-state index in [2.05, 4.69) is 0 Å². The lowest BCUT2D eigenvalue weighted by Gasteiger charge is -2.51. The average molecular weight is 426 g/mol. The highest BCUT2D eigenvalue weighted by molar-refractivity contribution is 5.69. The highest BCUT2D eigenvalue weighted by atomic mass is 16.6. The minimum absolute atomic E-state index is 0.00651. The lowest BCUT2D eigenvalue weighted by molar-refractivity contribution is -0.0929. The largest absolute Gasteiger partial charge is 0.493 e. The second kappa shape index (κ2) is 9.60. The maximum atomic E-state index is 12.8. The Hall–Kier alpha value is -2.73. The Morgan fingerprint density at radius 2 is 1.68 bits per heavy atom. The van der Waals surface area contributed by atoms with Gasteiger partial charge in [-0.2, -0.15) is 0 Å². The van der Waals surface area contributed by atoms with Crippen molar-refractivity contribution in [2.24, 2.45) is 0 Å². The molecule has 31 heavy (non-hydrogen) atoms. The molecule has 2 saturated heterocycles. The van der Waals surface area contributed by atoms with Crippen molar-refractivity contribution >= 4 is 6.09 Å². The zero-order valence-corrected chi connectivity index (χ0v) is 18.0. The predicted molar refractivity (Wildman–Crippen MR) is 117 cm³/mol. The molecule has 0 radical (unpaired) electrons. The molecule has 2 aliphatic heterocycles. The van der Waals surface area contributed by atoms with Gasteiger partial charge in [0.05, 0.1) is 19.3 Å². The van der Waals surface area contributed by atoms with E-state index in [0.717, 1.165) is 24.8 Å². The summed E-state index contributed by atoms with van der Waals surface area (Å²) in [6, 6.07) is 17.2. The minimum atomic E-state index is -0.839. The van der Waals surface area contributed by atoms with Gasteiger partial charge >= 0.3 is 6.09 Å². The molecule has 0 spiro atoms. The first kappa shape index (κ1) is 21.5. The number of methoxy groups -OCH3 is 1. The molecule has 1 N–H and O–H groups in total. The summed E-state index contributed by atoms with van der Waals surface area (Å²) in [7, 11) is 1.61. The maximum Gasteiger partial charge on any atom is 0.410 e. The number of hydrogen-bond acceptors (Lipinski definition) is 5. The summed E-state index contributed by atoms with van der Waals surface area (Å²) in [6.07, 6.45) is 4.22. The number of para-hydroxylation sites is 2. The molecular formula is C25H31NO5. The quantitative estimate of drug-likeness (QED) is 0.705. The Morgan fingerprint density at radius 3 is 2.35 bits per heavy atom. The van der Waals surface area contributed by atoms with Crippen LogP contribution < -0.4 is 9.47 Å². The third kappa shape index (κ3) is 5.13. The van der Waals surface area contributed by atoms with E-state index in [4.69, 9.17) is 14.2 Å². The lowest BCUT2D eigenvalue weighted by atomic mass is 9.74. The van der Waals surface area contributed by atoms with Crippen LogP contribution in [0.1, 0.15) is 44.1 Å².